The first kappa shape index (κ1) is 20.8. The number of ketones is 1. The fraction of sp³-hybridized carbons (Fsp3) is 0.423. The highest BCUT2D eigenvalue weighted by Gasteiger charge is 2.41. The van der Waals surface area contributed by atoms with Crippen LogP contribution in [0.3, 0.4) is 0 Å². The maximum Gasteiger partial charge on any atom is 0.163 e. The van der Waals surface area contributed by atoms with Crippen LogP contribution in [0, 0.1) is 0 Å². The number of unbranched alkanes of at least 4 members (excludes halogenated alkanes) is 2. The molecular formula is C26H34OSi. The van der Waals surface area contributed by atoms with E-state index < -0.39 is 8.07 Å². The zero-order valence-corrected chi connectivity index (χ0v) is 18.5. The summed E-state index contributed by atoms with van der Waals surface area (Å²) in [5.74, 6) is 0.354. The molecule has 1 aliphatic rings. The highest BCUT2D eigenvalue weighted by atomic mass is 28.3. The lowest BCUT2D eigenvalue weighted by molar-refractivity contribution is -0.113. The van der Waals surface area contributed by atoms with Gasteiger partial charge in [-0.05, 0) is 22.7 Å². The van der Waals surface area contributed by atoms with Crippen LogP contribution in [-0.2, 0) is 4.79 Å². The lowest BCUT2D eigenvalue weighted by Crippen LogP contribution is -2.36. The van der Waals surface area contributed by atoms with Crippen molar-refractivity contribution in [3.63, 3.8) is 0 Å². The van der Waals surface area contributed by atoms with Gasteiger partial charge in [0.15, 0.2) is 5.78 Å². The average Bonchev–Trinajstić information content (AvgIpc) is 2.88. The second-order valence-corrected chi connectivity index (χ2v) is 12.8. The van der Waals surface area contributed by atoms with E-state index in [-0.39, 0.29) is 0 Å². The lowest BCUT2D eigenvalue weighted by atomic mass is 9.96. The van der Waals surface area contributed by atoms with Gasteiger partial charge in [-0.3, -0.25) is 4.79 Å². The zero-order chi connectivity index (χ0) is 19.8. The Labute approximate surface area is 171 Å². The van der Waals surface area contributed by atoms with Crippen LogP contribution in [0.2, 0.25) is 18.1 Å². The number of allylic oxidation sites excluding steroid dienone is 1. The van der Waals surface area contributed by atoms with Gasteiger partial charge in [0.25, 0.3) is 0 Å². The molecule has 2 heteroatoms. The predicted octanol–water partition coefficient (Wildman–Crippen LogP) is 7.55. The summed E-state index contributed by atoms with van der Waals surface area (Å²) >= 11 is 0. The minimum atomic E-state index is -1.77. The van der Waals surface area contributed by atoms with E-state index >= 15 is 0 Å². The molecule has 0 radical (unpaired) electrons. The fourth-order valence-corrected chi connectivity index (χ4v) is 10.9. The van der Waals surface area contributed by atoms with Gasteiger partial charge < -0.3 is 0 Å². The van der Waals surface area contributed by atoms with Gasteiger partial charge in [-0.15, -0.1) is 0 Å². The molecule has 0 saturated carbocycles. The largest absolute Gasteiger partial charge is 0.294 e. The summed E-state index contributed by atoms with van der Waals surface area (Å²) in [7, 11) is -1.77. The monoisotopic (exact) mass is 390 g/mol. The van der Waals surface area contributed by atoms with Crippen molar-refractivity contribution in [2.45, 2.75) is 70.5 Å². The number of carbonyl (C=O) groups excluding carboxylic acids is 1. The Bertz CT molecular complexity index is 784. The summed E-state index contributed by atoms with van der Waals surface area (Å²) in [6, 6.07) is 25.2. The zero-order valence-electron chi connectivity index (χ0n) is 17.5. The Morgan fingerprint density at radius 1 is 0.786 bits per heavy atom. The van der Waals surface area contributed by atoms with E-state index in [1.807, 2.05) is 6.07 Å². The van der Waals surface area contributed by atoms with Crippen LogP contribution in [-0.4, -0.2) is 13.9 Å². The molecule has 1 aliphatic heterocycles. The first-order chi connectivity index (χ1) is 13.7. The number of hydrogen-bond donors (Lipinski definition) is 0. The SMILES string of the molecule is CCCC[Si]1(CCCC)CCCC(=O)C(c2ccccc2)=C1c1ccccc1. The molecule has 0 aromatic heterocycles. The second kappa shape index (κ2) is 10.0. The Morgan fingerprint density at radius 3 is 1.86 bits per heavy atom. The van der Waals surface area contributed by atoms with Crippen LogP contribution in [0.4, 0.5) is 0 Å². The quantitative estimate of drug-likeness (QED) is 0.425. The summed E-state index contributed by atoms with van der Waals surface area (Å²) in [5, 5.41) is 1.46. The molecule has 0 N–H and O–H groups in total. The van der Waals surface area contributed by atoms with Crippen LogP contribution in [0.25, 0.3) is 10.8 Å². The summed E-state index contributed by atoms with van der Waals surface area (Å²) in [6.45, 7) is 4.60. The van der Waals surface area contributed by atoms with Gasteiger partial charge >= 0.3 is 0 Å². The van der Waals surface area contributed by atoms with E-state index in [0.29, 0.717) is 12.2 Å². The molecule has 3 rings (SSSR count). The highest BCUT2D eigenvalue weighted by molar-refractivity contribution is 6.99. The highest BCUT2D eigenvalue weighted by Crippen LogP contribution is 2.46. The lowest BCUT2D eigenvalue weighted by Gasteiger charge is -2.35. The Hall–Kier alpha value is -1.93. The fourth-order valence-electron chi connectivity index (χ4n) is 4.86. The van der Waals surface area contributed by atoms with Crippen molar-refractivity contribution >= 4 is 24.6 Å². The van der Waals surface area contributed by atoms with E-state index in [1.165, 1.54) is 54.6 Å². The van der Waals surface area contributed by atoms with Crippen LogP contribution in [0.1, 0.15) is 63.5 Å². The van der Waals surface area contributed by atoms with E-state index in [0.717, 1.165) is 17.6 Å². The van der Waals surface area contributed by atoms with Gasteiger partial charge in [0.2, 0.25) is 0 Å². The minimum Gasteiger partial charge on any atom is -0.294 e. The van der Waals surface area contributed by atoms with Gasteiger partial charge in [0.1, 0.15) is 0 Å². The molecule has 28 heavy (non-hydrogen) atoms. The molecule has 1 heterocycles. The van der Waals surface area contributed by atoms with Crippen LogP contribution in [0.15, 0.2) is 60.7 Å². The molecule has 0 saturated heterocycles. The number of carbonyl (C=O) groups is 1. The van der Waals surface area contributed by atoms with Gasteiger partial charge in [0.05, 0.1) is 8.07 Å². The molecular weight excluding hydrogens is 356 g/mol. The standard InChI is InChI=1S/C26H34OSi/c1-3-5-19-28(20-6-4-2)21-13-18-24(27)25(22-14-9-7-10-15-22)26(28)23-16-11-8-12-17-23/h7-12,14-17H,3-6,13,18-21H2,1-2H3. The van der Waals surface area contributed by atoms with Gasteiger partial charge in [-0.1, -0.05) is 118 Å². The third-order valence-corrected chi connectivity index (χ3v) is 11.8. The first-order valence-electron chi connectivity index (χ1n) is 11.1. The molecule has 1 nitrogen and oxygen atoms in total. The van der Waals surface area contributed by atoms with Crippen molar-refractivity contribution in [2.24, 2.45) is 0 Å². The third-order valence-electron chi connectivity index (χ3n) is 6.26. The molecule has 0 unspecified atom stereocenters. The smallest absolute Gasteiger partial charge is 0.163 e. The number of rotatable bonds is 8. The maximum atomic E-state index is 13.4. The van der Waals surface area contributed by atoms with Crippen molar-refractivity contribution < 1.29 is 4.79 Å². The number of Topliss-reactive ketones (excluding diaryl/α,β-unsaturated/α-hetero) is 1. The molecule has 0 fully saturated rings. The van der Waals surface area contributed by atoms with Crippen molar-refractivity contribution in [1.82, 2.24) is 0 Å². The summed E-state index contributed by atoms with van der Waals surface area (Å²) in [4.78, 5) is 13.4. The molecule has 148 valence electrons. The molecule has 2 aromatic rings. The first-order valence-corrected chi connectivity index (χ1v) is 13.7. The second-order valence-electron chi connectivity index (χ2n) is 8.25. The van der Waals surface area contributed by atoms with Crippen molar-refractivity contribution in [1.29, 1.82) is 0 Å². The van der Waals surface area contributed by atoms with Crippen LogP contribution in [0.5, 0.6) is 0 Å². The molecule has 0 spiro atoms. The van der Waals surface area contributed by atoms with Gasteiger partial charge in [0, 0.05) is 12.0 Å². The Morgan fingerprint density at radius 2 is 1.32 bits per heavy atom. The average molecular weight is 391 g/mol. The van der Waals surface area contributed by atoms with E-state index in [1.54, 1.807) is 0 Å². The normalized spacial score (nSPS) is 16.9. The molecule has 2 aromatic carbocycles. The number of hydrogen-bond acceptors (Lipinski definition) is 1. The van der Waals surface area contributed by atoms with E-state index in [9.17, 15) is 4.79 Å². The van der Waals surface area contributed by atoms with Crippen molar-refractivity contribution in [3.05, 3.63) is 71.8 Å². The predicted molar refractivity (Wildman–Crippen MR) is 124 cm³/mol. The van der Waals surface area contributed by atoms with Crippen molar-refractivity contribution in [2.75, 3.05) is 0 Å². The summed E-state index contributed by atoms with van der Waals surface area (Å²) < 4.78 is 0. The van der Waals surface area contributed by atoms with Gasteiger partial charge in [-0.25, -0.2) is 0 Å². The summed E-state index contributed by atoms with van der Waals surface area (Å²) in [5.41, 5.74) is 3.47. The number of benzene rings is 2. The topological polar surface area (TPSA) is 17.1 Å². The maximum absolute atomic E-state index is 13.4. The third kappa shape index (κ3) is 4.55. The van der Waals surface area contributed by atoms with Gasteiger partial charge in [-0.2, -0.15) is 0 Å². The Balaban J connectivity index is 2.29. The van der Waals surface area contributed by atoms with E-state index in [4.69, 9.17) is 0 Å². The molecule has 0 bridgehead atoms. The van der Waals surface area contributed by atoms with Crippen LogP contribution < -0.4 is 0 Å². The van der Waals surface area contributed by atoms with Crippen molar-refractivity contribution in [3.8, 4) is 0 Å². The van der Waals surface area contributed by atoms with E-state index in [2.05, 4.69) is 68.4 Å². The Kier molecular flexibility index (Phi) is 7.44. The molecule has 0 amide bonds. The minimum absolute atomic E-state index is 0.354. The summed E-state index contributed by atoms with van der Waals surface area (Å²) in [6.07, 6.45) is 6.79. The van der Waals surface area contributed by atoms with Crippen LogP contribution >= 0.6 is 0 Å². The molecule has 0 aliphatic carbocycles. The molecule has 0 atom stereocenters.